The summed E-state index contributed by atoms with van der Waals surface area (Å²) < 4.78 is 2.19. The van der Waals surface area contributed by atoms with Crippen molar-refractivity contribution >= 4 is 16.9 Å². The van der Waals surface area contributed by atoms with Crippen LogP contribution in [-0.4, -0.2) is 40.1 Å². The summed E-state index contributed by atoms with van der Waals surface area (Å²) in [4.78, 5) is 12.4. The van der Waals surface area contributed by atoms with E-state index in [9.17, 15) is 0 Å². The number of aromatic amines is 1. The normalized spacial score (nSPS) is 11.9. The van der Waals surface area contributed by atoms with Crippen molar-refractivity contribution in [1.29, 1.82) is 0 Å². The molecular weight excluding hydrogens is 360 g/mol. The van der Waals surface area contributed by atoms with Gasteiger partial charge in [0.15, 0.2) is 5.96 Å². The number of rotatable bonds is 10. The Kier molecular flexibility index (Phi) is 7.73. The molecule has 0 aliphatic rings. The van der Waals surface area contributed by atoms with Gasteiger partial charge in [0.05, 0.1) is 0 Å². The lowest BCUT2D eigenvalue weighted by atomic mass is 10.1. The van der Waals surface area contributed by atoms with Crippen molar-refractivity contribution in [2.75, 3.05) is 19.6 Å². The zero-order chi connectivity index (χ0) is 20.5. The van der Waals surface area contributed by atoms with Gasteiger partial charge in [0.1, 0.15) is 5.82 Å². The molecule has 1 aromatic carbocycles. The van der Waals surface area contributed by atoms with Crippen LogP contribution in [0, 0.1) is 6.92 Å². The monoisotopic (exact) mass is 394 g/mol. The molecule has 0 aliphatic carbocycles. The molecule has 0 spiro atoms. The predicted octanol–water partition coefficient (Wildman–Crippen LogP) is 3.81. The fourth-order valence-electron chi connectivity index (χ4n) is 3.66. The first-order valence-electron chi connectivity index (χ1n) is 10.8. The van der Waals surface area contributed by atoms with Crippen LogP contribution in [0.1, 0.15) is 43.6 Å². The van der Waals surface area contributed by atoms with Gasteiger partial charge in [0.2, 0.25) is 0 Å². The van der Waals surface area contributed by atoms with Gasteiger partial charge in [-0.25, -0.2) is 4.98 Å². The Balaban J connectivity index is 1.46. The number of unbranched alkanes of at least 4 members (excludes halogenated alkanes) is 1. The summed E-state index contributed by atoms with van der Waals surface area (Å²) in [6, 6.07) is 6.56. The van der Waals surface area contributed by atoms with Crippen molar-refractivity contribution in [3.05, 3.63) is 53.7 Å². The molecule has 3 N–H and O–H groups in total. The summed E-state index contributed by atoms with van der Waals surface area (Å²) in [7, 11) is 0. The van der Waals surface area contributed by atoms with E-state index in [-0.39, 0.29) is 0 Å². The Morgan fingerprint density at radius 3 is 2.83 bits per heavy atom. The summed E-state index contributed by atoms with van der Waals surface area (Å²) in [5, 5.41) is 8.16. The SMILES string of the molecule is CCNC(=NCCCCn1ccnc1C)NCCc1c[nH]c2c(CC)cccc12. The van der Waals surface area contributed by atoms with E-state index < -0.39 is 0 Å². The van der Waals surface area contributed by atoms with Crippen molar-refractivity contribution in [2.24, 2.45) is 4.99 Å². The van der Waals surface area contributed by atoms with Gasteiger partial charge in [-0.05, 0) is 50.7 Å². The van der Waals surface area contributed by atoms with Crippen LogP contribution in [0.4, 0.5) is 0 Å². The van der Waals surface area contributed by atoms with Gasteiger partial charge in [-0.2, -0.15) is 0 Å². The molecule has 0 saturated carbocycles. The van der Waals surface area contributed by atoms with E-state index in [1.807, 2.05) is 19.3 Å². The molecule has 2 heterocycles. The number of nitrogens with zero attached hydrogens (tertiary/aromatic N) is 3. The number of hydrogen-bond acceptors (Lipinski definition) is 2. The molecule has 0 amide bonds. The molecule has 0 unspecified atom stereocenters. The van der Waals surface area contributed by atoms with Gasteiger partial charge in [0.25, 0.3) is 0 Å². The van der Waals surface area contributed by atoms with Crippen molar-refractivity contribution in [3.63, 3.8) is 0 Å². The Hall–Kier alpha value is -2.76. The quantitative estimate of drug-likeness (QED) is 0.278. The van der Waals surface area contributed by atoms with Crippen LogP contribution in [-0.2, 0) is 19.4 Å². The number of aromatic nitrogens is 3. The molecule has 6 nitrogen and oxygen atoms in total. The first-order chi connectivity index (χ1) is 14.2. The van der Waals surface area contributed by atoms with Crippen LogP contribution in [0.15, 0.2) is 41.8 Å². The van der Waals surface area contributed by atoms with E-state index in [0.29, 0.717) is 0 Å². The molecule has 0 bridgehead atoms. The third-order valence-corrected chi connectivity index (χ3v) is 5.30. The average molecular weight is 395 g/mol. The molecule has 29 heavy (non-hydrogen) atoms. The van der Waals surface area contributed by atoms with Crippen molar-refractivity contribution in [2.45, 2.75) is 53.0 Å². The van der Waals surface area contributed by atoms with Gasteiger partial charge >= 0.3 is 0 Å². The summed E-state index contributed by atoms with van der Waals surface area (Å²) in [5.41, 5.74) is 4.01. The van der Waals surface area contributed by atoms with Crippen LogP contribution in [0.2, 0.25) is 0 Å². The standard InChI is InChI=1S/C23H34N6/c1-4-19-9-8-10-21-20(17-28-22(19)21)11-13-27-23(24-5-2)26-12-6-7-15-29-16-14-25-18(29)3/h8-10,14,16-17,28H,4-7,11-13,15H2,1-3H3,(H2,24,26,27). The highest BCUT2D eigenvalue weighted by molar-refractivity contribution is 5.86. The third-order valence-electron chi connectivity index (χ3n) is 5.30. The molecule has 0 saturated heterocycles. The second kappa shape index (κ2) is 10.7. The Morgan fingerprint density at radius 2 is 2.07 bits per heavy atom. The maximum Gasteiger partial charge on any atom is 0.191 e. The number of hydrogen-bond donors (Lipinski definition) is 3. The molecule has 0 radical (unpaired) electrons. The number of H-pyrrole nitrogens is 1. The highest BCUT2D eigenvalue weighted by Crippen LogP contribution is 2.22. The van der Waals surface area contributed by atoms with Crippen molar-refractivity contribution in [3.8, 4) is 0 Å². The first-order valence-corrected chi connectivity index (χ1v) is 10.8. The maximum absolute atomic E-state index is 4.73. The lowest BCUT2D eigenvalue weighted by Crippen LogP contribution is -2.38. The Bertz CT molecular complexity index is 920. The van der Waals surface area contributed by atoms with E-state index in [1.54, 1.807) is 0 Å². The smallest absolute Gasteiger partial charge is 0.191 e. The van der Waals surface area contributed by atoms with Crippen LogP contribution < -0.4 is 10.6 Å². The molecule has 3 aromatic rings. The van der Waals surface area contributed by atoms with Gasteiger partial charge in [-0.3, -0.25) is 4.99 Å². The maximum atomic E-state index is 4.73. The number of para-hydroxylation sites is 1. The third kappa shape index (κ3) is 5.62. The largest absolute Gasteiger partial charge is 0.361 e. The predicted molar refractivity (Wildman–Crippen MR) is 122 cm³/mol. The second-order valence-corrected chi connectivity index (χ2v) is 7.32. The van der Waals surface area contributed by atoms with Crippen molar-refractivity contribution < 1.29 is 0 Å². The number of fused-ring (bicyclic) bond motifs is 1. The summed E-state index contributed by atoms with van der Waals surface area (Å²) >= 11 is 0. The van der Waals surface area contributed by atoms with E-state index in [2.05, 4.69) is 63.4 Å². The number of nitrogens with one attached hydrogen (secondary N) is 3. The van der Waals surface area contributed by atoms with E-state index in [0.717, 1.165) is 63.6 Å². The first kappa shape index (κ1) is 21.0. The highest BCUT2D eigenvalue weighted by Gasteiger charge is 2.07. The minimum Gasteiger partial charge on any atom is -0.361 e. The zero-order valence-electron chi connectivity index (χ0n) is 18.0. The molecule has 6 heteroatoms. The number of imidazole rings is 1. The number of aryl methyl sites for hydroxylation is 3. The summed E-state index contributed by atoms with van der Waals surface area (Å²) in [6.45, 7) is 9.91. The van der Waals surface area contributed by atoms with E-state index >= 15 is 0 Å². The molecule has 156 valence electrons. The minimum absolute atomic E-state index is 0.829. The van der Waals surface area contributed by atoms with E-state index in [1.165, 1.54) is 22.0 Å². The lowest BCUT2D eigenvalue weighted by Gasteiger charge is -2.11. The number of aliphatic imine (C=N–C) groups is 1. The zero-order valence-corrected chi connectivity index (χ0v) is 18.0. The van der Waals surface area contributed by atoms with Crippen LogP contribution in [0.25, 0.3) is 10.9 Å². The minimum atomic E-state index is 0.829. The molecule has 2 aromatic heterocycles. The fraction of sp³-hybridized carbons (Fsp3) is 0.478. The van der Waals surface area contributed by atoms with Crippen LogP contribution in [0.5, 0.6) is 0 Å². The molecule has 0 fully saturated rings. The Morgan fingerprint density at radius 1 is 1.17 bits per heavy atom. The molecule has 0 atom stereocenters. The summed E-state index contributed by atoms with van der Waals surface area (Å²) in [6.07, 6.45) is 10.2. The molecular formula is C23H34N6. The van der Waals surface area contributed by atoms with E-state index in [4.69, 9.17) is 4.99 Å². The fourth-order valence-corrected chi connectivity index (χ4v) is 3.66. The van der Waals surface area contributed by atoms with Crippen molar-refractivity contribution in [1.82, 2.24) is 25.2 Å². The summed E-state index contributed by atoms with van der Waals surface area (Å²) in [5.74, 6) is 1.98. The second-order valence-electron chi connectivity index (χ2n) is 7.32. The lowest BCUT2D eigenvalue weighted by molar-refractivity contribution is 0.600. The van der Waals surface area contributed by atoms with Crippen LogP contribution >= 0.6 is 0 Å². The highest BCUT2D eigenvalue weighted by atomic mass is 15.2. The number of benzene rings is 1. The molecule has 3 rings (SSSR count). The Labute approximate surface area is 173 Å². The average Bonchev–Trinajstić information content (AvgIpc) is 3.33. The van der Waals surface area contributed by atoms with Gasteiger partial charge in [-0.15, -0.1) is 0 Å². The molecule has 0 aliphatic heterocycles. The van der Waals surface area contributed by atoms with Crippen LogP contribution in [0.3, 0.4) is 0 Å². The topological polar surface area (TPSA) is 70.0 Å². The van der Waals surface area contributed by atoms with Gasteiger partial charge in [0, 0.05) is 55.7 Å². The van der Waals surface area contributed by atoms with Gasteiger partial charge in [-0.1, -0.05) is 25.1 Å². The number of guanidine groups is 1. The van der Waals surface area contributed by atoms with Gasteiger partial charge < -0.3 is 20.2 Å².